The minimum Gasteiger partial charge on any atom is -0.458 e. The van der Waals surface area contributed by atoms with E-state index >= 15 is 0 Å². The third-order valence-corrected chi connectivity index (χ3v) is 8.55. The molecule has 2 N–H and O–H groups in total. The standard InChI is InChI=1S/C29H42O9/c1-9-16(4)10-11-28(8)17(5)24(33)25(34)29-21(26(35-18(6)30)38-27(29)36-19(7)31)13-20(14-22(28)29)37-23(32)12-15(2)3/h9-10,13,15,17,20,22,24-27,33-34H,1,11-12,14H2,2-8H3/b16-10-/t17-,20-,22+,24-,25+,26+,27-,28-,29-/m0/s1. The number of aliphatic hydroxyl groups excluding tert-OH is 2. The summed E-state index contributed by atoms with van der Waals surface area (Å²) in [5.74, 6) is -2.48. The molecule has 0 unspecified atom stereocenters. The molecule has 1 heterocycles. The summed E-state index contributed by atoms with van der Waals surface area (Å²) in [6.07, 6.45) is 0.417. The van der Waals surface area contributed by atoms with Crippen molar-refractivity contribution in [2.24, 2.45) is 28.6 Å². The first-order valence-electron chi connectivity index (χ1n) is 13.2. The lowest BCUT2D eigenvalue weighted by molar-refractivity contribution is -0.273. The summed E-state index contributed by atoms with van der Waals surface area (Å²) in [5.41, 5.74) is -0.857. The molecule has 9 heteroatoms. The lowest BCUT2D eigenvalue weighted by Gasteiger charge is -2.61. The Balaban J connectivity index is 2.25. The molecule has 0 aromatic carbocycles. The molecule has 2 aliphatic carbocycles. The van der Waals surface area contributed by atoms with Crippen molar-refractivity contribution in [2.75, 3.05) is 0 Å². The van der Waals surface area contributed by atoms with E-state index in [-0.39, 0.29) is 24.7 Å². The van der Waals surface area contributed by atoms with Crippen LogP contribution in [0, 0.1) is 28.6 Å². The van der Waals surface area contributed by atoms with Crippen molar-refractivity contribution in [1.82, 2.24) is 0 Å². The van der Waals surface area contributed by atoms with Gasteiger partial charge < -0.3 is 24.4 Å². The molecule has 1 saturated heterocycles. The molecule has 0 bridgehead atoms. The summed E-state index contributed by atoms with van der Waals surface area (Å²) < 4.78 is 23.0. The molecule has 1 aliphatic heterocycles. The molecular formula is C29H42O9. The van der Waals surface area contributed by atoms with E-state index in [1.54, 1.807) is 12.2 Å². The molecule has 1 spiro atoms. The highest BCUT2D eigenvalue weighted by atomic mass is 16.8. The average molecular weight is 535 g/mol. The van der Waals surface area contributed by atoms with Crippen molar-refractivity contribution in [2.45, 2.75) is 98.6 Å². The maximum Gasteiger partial charge on any atom is 0.306 e. The first-order valence-corrected chi connectivity index (χ1v) is 13.2. The van der Waals surface area contributed by atoms with Crippen LogP contribution in [0.3, 0.4) is 0 Å². The number of rotatable bonds is 8. The summed E-state index contributed by atoms with van der Waals surface area (Å²) in [6, 6.07) is 0. The fourth-order valence-electron chi connectivity index (χ4n) is 6.46. The minimum absolute atomic E-state index is 0.0961. The van der Waals surface area contributed by atoms with Crippen LogP contribution in [-0.2, 0) is 33.3 Å². The molecule has 1 saturated carbocycles. The van der Waals surface area contributed by atoms with Gasteiger partial charge in [0.25, 0.3) is 0 Å². The van der Waals surface area contributed by atoms with Crippen LogP contribution in [0.25, 0.3) is 0 Å². The summed E-state index contributed by atoms with van der Waals surface area (Å²) in [6.45, 7) is 15.9. The first-order chi connectivity index (χ1) is 17.7. The maximum absolute atomic E-state index is 12.7. The molecule has 3 aliphatic rings. The van der Waals surface area contributed by atoms with Crippen molar-refractivity contribution >= 4 is 17.9 Å². The molecular weight excluding hydrogens is 492 g/mol. The van der Waals surface area contributed by atoms with Gasteiger partial charge in [-0.1, -0.05) is 52.0 Å². The van der Waals surface area contributed by atoms with E-state index in [0.717, 1.165) is 5.57 Å². The van der Waals surface area contributed by atoms with Gasteiger partial charge in [-0.3, -0.25) is 19.1 Å². The number of hydrogen-bond acceptors (Lipinski definition) is 9. The topological polar surface area (TPSA) is 129 Å². The van der Waals surface area contributed by atoms with Crippen molar-refractivity contribution in [3.8, 4) is 0 Å². The van der Waals surface area contributed by atoms with Gasteiger partial charge in [0.2, 0.25) is 12.6 Å². The van der Waals surface area contributed by atoms with E-state index in [4.69, 9.17) is 18.9 Å². The lowest BCUT2D eigenvalue weighted by atomic mass is 9.44. The number of ether oxygens (including phenoxy) is 4. The molecule has 9 nitrogen and oxygen atoms in total. The van der Waals surface area contributed by atoms with Gasteiger partial charge in [-0.2, -0.15) is 0 Å². The highest BCUT2D eigenvalue weighted by molar-refractivity contribution is 5.70. The molecule has 38 heavy (non-hydrogen) atoms. The second-order valence-corrected chi connectivity index (χ2v) is 11.6. The van der Waals surface area contributed by atoms with E-state index in [9.17, 15) is 24.6 Å². The minimum atomic E-state index is -1.44. The third kappa shape index (κ3) is 5.33. The van der Waals surface area contributed by atoms with Crippen LogP contribution in [0.5, 0.6) is 0 Å². The summed E-state index contributed by atoms with van der Waals surface area (Å²) >= 11 is 0. The molecule has 0 radical (unpaired) electrons. The van der Waals surface area contributed by atoms with Crippen LogP contribution in [0.2, 0.25) is 0 Å². The number of allylic oxidation sites excluding steroid dienone is 3. The number of esters is 3. The highest BCUT2D eigenvalue weighted by Crippen LogP contribution is 2.67. The molecule has 2 fully saturated rings. The molecule has 9 atom stereocenters. The fourth-order valence-corrected chi connectivity index (χ4v) is 6.46. The predicted octanol–water partition coefficient (Wildman–Crippen LogP) is 3.59. The summed E-state index contributed by atoms with van der Waals surface area (Å²) in [7, 11) is 0. The van der Waals surface area contributed by atoms with Crippen LogP contribution < -0.4 is 0 Å². The van der Waals surface area contributed by atoms with E-state index in [0.29, 0.717) is 12.0 Å². The Labute approximate surface area is 224 Å². The summed E-state index contributed by atoms with van der Waals surface area (Å²) in [4.78, 5) is 36.9. The molecule has 212 valence electrons. The zero-order chi connectivity index (χ0) is 28.6. The van der Waals surface area contributed by atoms with Gasteiger partial charge in [-0.25, -0.2) is 0 Å². The first kappa shape index (κ1) is 30.1. The Bertz CT molecular complexity index is 1010. The second kappa shape index (κ2) is 11.3. The zero-order valence-corrected chi connectivity index (χ0v) is 23.4. The number of carbonyl (C=O) groups excluding carboxylic acids is 3. The van der Waals surface area contributed by atoms with E-state index < -0.39 is 65.5 Å². The van der Waals surface area contributed by atoms with Crippen LogP contribution in [0.4, 0.5) is 0 Å². The average Bonchev–Trinajstić information content (AvgIpc) is 3.11. The summed E-state index contributed by atoms with van der Waals surface area (Å²) in [5, 5.41) is 23.1. The van der Waals surface area contributed by atoms with Gasteiger partial charge in [0.05, 0.1) is 17.6 Å². The molecule has 0 aromatic heterocycles. The van der Waals surface area contributed by atoms with Gasteiger partial charge in [0.15, 0.2) is 0 Å². The molecule has 3 rings (SSSR count). The van der Waals surface area contributed by atoms with Crippen molar-refractivity contribution in [3.05, 3.63) is 36.0 Å². The predicted molar refractivity (Wildman–Crippen MR) is 138 cm³/mol. The van der Waals surface area contributed by atoms with E-state index in [1.807, 2.05) is 40.7 Å². The number of hydrogen-bond donors (Lipinski definition) is 2. The quantitative estimate of drug-likeness (QED) is 0.208. The number of carbonyl (C=O) groups is 3. The van der Waals surface area contributed by atoms with Gasteiger partial charge in [-0.15, -0.1) is 0 Å². The number of aliphatic hydroxyl groups is 2. The van der Waals surface area contributed by atoms with Crippen LogP contribution in [-0.4, -0.2) is 59.0 Å². The normalized spacial score (nSPS) is 38.5. The van der Waals surface area contributed by atoms with Gasteiger partial charge in [0, 0.05) is 25.8 Å². The SMILES string of the molecule is C=C/C(C)=C\C[C@]1(C)[C@H]2C[C@@H](OC(=O)CC(C)C)C=C3[C@H](OC(C)=O)O[C@H](OC(C)=O)[C@@]32[C@H](O)[C@@H](O)[C@@H]1C. The third-order valence-electron chi connectivity index (χ3n) is 8.55. The van der Waals surface area contributed by atoms with Crippen molar-refractivity contribution in [3.63, 3.8) is 0 Å². The van der Waals surface area contributed by atoms with Crippen LogP contribution in [0.1, 0.15) is 67.7 Å². The van der Waals surface area contributed by atoms with Gasteiger partial charge in [0.1, 0.15) is 6.10 Å². The van der Waals surface area contributed by atoms with Gasteiger partial charge in [-0.05, 0) is 49.0 Å². The van der Waals surface area contributed by atoms with Crippen molar-refractivity contribution in [1.29, 1.82) is 0 Å². The molecule has 0 amide bonds. The Morgan fingerprint density at radius 2 is 1.79 bits per heavy atom. The monoisotopic (exact) mass is 534 g/mol. The van der Waals surface area contributed by atoms with Crippen LogP contribution >= 0.6 is 0 Å². The Hall–Kier alpha value is -2.49. The highest BCUT2D eigenvalue weighted by Gasteiger charge is 2.73. The van der Waals surface area contributed by atoms with E-state index in [2.05, 4.69) is 6.58 Å². The van der Waals surface area contributed by atoms with Gasteiger partial charge >= 0.3 is 17.9 Å². The zero-order valence-electron chi connectivity index (χ0n) is 23.4. The molecule has 0 aromatic rings. The van der Waals surface area contributed by atoms with Crippen LogP contribution in [0.15, 0.2) is 36.0 Å². The fraction of sp³-hybridized carbons (Fsp3) is 0.690. The lowest BCUT2D eigenvalue weighted by Crippen LogP contribution is -2.68. The largest absolute Gasteiger partial charge is 0.458 e. The smallest absolute Gasteiger partial charge is 0.306 e. The Kier molecular flexibility index (Phi) is 8.95. The maximum atomic E-state index is 12.7. The second-order valence-electron chi connectivity index (χ2n) is 11.6. The Morgan fingerprint density at radius 1 is 1.16 bits per heavy atom. The van der Waals surface area contributed by atoms with E-state index in [1.165, 1.54) is 13.8 Å². The Morgan fingerprint density at radius 3 is 2.34 bits per heavy atom. The van der Waals surface area contributed by atoms with Crippen molar-refractivity contribution < 1.29 is 43.5 Å².